The first-order valence-corrected chi connectivity index (χ1v) is 11.3. The summed E-state index contributed by atoms with van der Waals surface area (Å²) in [5, 5.41) is 34.7. The van der Waals surface area contributed by atoms with Crippen LogP contribution in [0.1, 0.15) is 30.4 Å². The molecule has 4 heterocycles. The maximum Gasteiger partial charge on any atom is 0.227 e. The van der Waals surface area contributed by atoms with Crippen molar-refractivity contribution in [3.63, 3.8) is 0 Å². The fourth-order valence-corrected chi connectivity index (χ4v) is 4.93. The number of aromatic nitrogens is 3. The summed E-state index contributed by atoms with van der Waals surface area (Å²) in [5.74, 6) is 0.315. The number of carbonyl (C=O) groups excluding carboxylic acids is 1. The topological polar surface area (TPSA) is 130 Å². The Morgan fingerprint density at radius 2 is 2.18 bits per heavy atom. The van der Waals surface area contributed by atoms with Crippen LogP contribution >= 0.6 is 23.5 Å². The van der Waals surface area contributed by atoms with E-state index in [9.17, 15) is 20.1 Å². The van der Waals surface area contributed by atoms with Gasteiger partial charge < -0.3 is 29.9 Å². The first-order chi connectivity index (χ1) is 13.3. The Bertz CT molecular complexity index is 934. The van der Waals surface area contributed by atoms with Gasteiger partial charge in [-0.1, -0.05) is 11.8 Å². The second-order valence-electron chi connectivity index (χ2n) is 7.11. The summed E-state index contributed by atoms with van der Waals surface area (Å²) in [6, 6.07) is 0. The number of nitrogens with one attached hydrogen (secondary N) is 1. The molecule has 0 aliphatic carbocycles. The molecule has 4 N–H and O–H groups in total. The molecule has 0 spiro atoms. The van der Waals surface area contributed by atoms with Gasteiger partial charge in [-0.3, -0.25) is 4.79 Å². The third-order valence-electron chi connectivity index (χ3n) is 5.31. The highest BCUT2D eigenvalue weighted by molar-refractivity contribution is 7.99. The van der Waals surface area contributed by atoms with E-state index in [4.69, 9.17) is 4.74 Å². The number of anilines is 1. The van der Waals surface area contributed by atoms with E-state index in [-0.39, 0.29) is 17.6 Å². The maximum absolute atomic E-state index is 12.3. The molecule has 1 unspecified atom stereocenters. The number of amides is 1. The van der Waals surface area contributed by atoms with Gasteiger partial charge in [0.2, 0.25) is 5.91 Å². The van der Waals surface area contributed by atoms with Crippen LogP contribution in [0.2, 0.25) is 0 Å². The summed E-state index contributed by atoms with van der Waals surface area (Å²) in [4.78, 5) is 21.4. The lowest BCUT2D eigenvalue weighted by Gasteiger charge is -2.27. The van der Waals surface area contributed by atoms with Crippen molar-refractivity contribution in [2.24, 2.45) is 0 Å². The first kappa shape index (κ1) is 19.9. The molecule has 2 aromatic heterocycles. The second kappa shape index (κ2) is 7.15. The van der Waals surface area contributed by atoms with E-state index in [2.05, 4.69) is 15.3 Å². The van der Waals surface area contributed by atoms with Crippen molar-refractivity contribution < 1.29 is 24.9 Å². The summed E-state index contributed by atoms with van der Waals surface area (Å²) < 4.78 is 7.47. The number of aliphatic hydroxyl groups excluding tert-OH is 2. The number of hydrogen-bond donors (Lipinski definition) is 4. The van der Waals surface area contributed by atoms with Crippen molar-refractivity contribution in [2.75, 3.05) is 24.4 Å². The second-order valence-corrected chi connectivity index (χ2v) is 8.92. The lowest BCUT2D eigenvalue weighted by Crippen LogP contribution is -2.44. The summed E-state index contributed by atoms with van der Waals surface area (Å²) in [5.41, 5.74) is -0.268. The van der Waals surface area contributed by atoms with E-state index < -0.39 is 30.6 Å². The molecule has 2 aromatic rings. The number of carbonyl (C=O) groups is 1. The van der Waals surface area contributed by atoms with Gasteiger partial charge in [-0.2, -0.15) is 11.8 Å². The number of rotatable bonds is 4. The molecule has 0 bridgehead atoms. The highest BCUT2D eigenvalue weighted by Crippen LogP contribution is 2.45. The normalized spacial score (nSPS) is 32.6. The van der Waals surface area contributed by atoms with Crippen LogP contribution in [0, 0.1) is 0 Å². The van der Waals surface area contributed by atoms with Crippen molar-refractivity contribution in [3.8, 4) is 0 Å². The molecular weight excluding hydrogens is 404 g/mol. The quantitative estimate of drug-likeness (QED) is 0.416. The zero-order valence-electron chi connectivity index (χ0n) is 15.6. The summed E-state index contributed by atoms with van der Waals surface area (Å²) in [6.07, 6.45) is 2.73. The molecule has 5 atom stereocenters. The average Bonchev–Trinajstić information content (AvgIpc) is 3.09. The highest BCUT2D eigenvalue weighted by atomic mass is 32.2. The SMILES string of the molecule is CSc1nc2c3c(cn([C@@H]4O[C@H](CO)[C@@H](O)[C@@]4(C)O)c3n1)C(SC)CC(=O)N2. The van der Waals surface area contributed by atoms with Crippen LogP contribution in [-0.4, -0.2) is 72.7 Å². The molecule has 28 heavy (non-hydrogen) atoms. The van der Waals surface area contributed by atoms with Crippen molar-refractivity contribution in [1.82, 2.24) is 14.5 Å². The Balaban J connectivity index is 1.96. The molecule has 0 aromatic carbocycles. The number of hydrogen-bond acceptors (Lipinski definition) is 9. The van der Waals surface area contributed by atoms with Crippen LogP contribution in [0.5, 0.6) is 0 Å². The van der Waals surface area contributed by atoms with Crippen LogP contribution in [0.4, 0.5) is 5.82 Å². The van der Waals surface area contributed by atoms with Gasteiger partial charge in [-0.25, -0.2) is 9.97 Å². The van der Waals surface area contributed by atoms with E-state index >= 15 is 0 Å². The largest absolute Gasteiger partial charge is 0.394 e. The van der Waals surface area contributed by atoms with E-state index in [0.29, 0.717) is 22.0 Å². The predicted octanol–water partition coefficient (Wildman–Crippen LogP) is 0.901. The molecule has 1 saturated heterocycles. The summed E-state index contributed by atoms with van der Waals surface area (Å²) in [7, 11) is 0. The van der Waals surface area contributed by atoms with Crippen LogP contribution in [-0.2, 0) is 9.53 Å². The van der Waals surface area contributed by atoms with E-state index in [0.717, 1.165) is 5.56 Å². The monoisotopic (exact) mass is 426 g/mol. The molecular formula is C17H22N4O5S2. The number of aliphatic hydroxyl groups is 3. The van der Waals surface area contributed by atoms with Crippen molar-refractivity contribution in [1.29, 1.82) is 0 Å². The van der Waals surface area contributed by atoms with Gasteiger partial charge in [0.15, 0.2) is 11.4 Å². The van der Waals surface area contributed by atoms with Crippen LogP contribution in [0.25, 0.3) is 11.0 Å². The predicted molar refractivity (Wildman–Crippen MR) is 106 cm³/mol. The van der Waals surface area contributed by atoms with Crippen molar-refractivity contribution in [2.45, 2.75) is 47.8 Å². The fraction of sp³-hybridized carbons (Fsp3) is 0.588. The highest BCUT2D eigenvalue weighted by Gasteiger charge is 2.53. The van der Waals surface area contributed by atoms with E-state index in [1.54, 1.807) is 22.5 Å². The first-order valence-electron chi connectivity index (χ1n) is 8.77. The molecule has 2 aliphatic heterocycles. The summed E-state index contributed by atoms with van der Waals surface area (Å²) in [6.45, 7) is 1.06. The number of thioether (sulfide) groups is 2. The molecule has 1 amide bonds. The van der Waals surface area contributed by atoms with E-state index in [1.807, 2.05) is 12.5 Å². The molecule has 11 heteroatoms. The zero-order valence-corrected chi connectivity index (χ0v) is 17.3. The third kappa shape index (κ3) is 2.92. The lowest BCUT2D eigenvalue weighted by atomic mass is 9.96. The molecule has 1 fully saturated rings. The van der Waals surface area contributed by atoms with Crippen molar-refractivity contribution >= 4 is 46.3 Å². The molecule has 9 nitrogen and oxygen atoms in total. The molecule has 152 valence electrons. The third-order valence-corrected chi connectivity index (χ3v) is 6.85. The van der Waals surface area contributed by atoms with E-state index in [1.165, 1.54) is 18.7 Å². The Labute approximate surface area is 169 Å². The minimum Gasteiger partial charge on any atom is -0.394 e. The van der Waals surface area contributed by atoms with Crippen LogP contribution < -0.4 is 5.32 Å². The Morgan fingerprint density at radius 3 is 2.79 bits per heavy atom. The average molecular weight is 427 g/mol. The van der Waals surface area contributed by atoms with Gasteiger partial charge in [0.25, 0.3) is 0 Å². The maximum atomic E-state index is 12.3. The van der Waals surface area contributed by atoms with Gasteiger partial charge in [0.1, 0.15) is 29.3 Å². The van der Waals surface area contributed by atoms with Crippen LogP contribution in [0.3, 0.4) is 0 Å². The Morgan fingerprint density at radius 1 is 1.43 bits per heavy atom. The van der Waals surface area contributed by atoms with Gasteiger partial charge >= 0.3 is 0 Å². The van der Waals surface area contributed by atoms with Gasteiger partial charge in [-0.15, -0.1) is 0 Å². The minimum atomic E-state index is -1.64. The van der Waals surface area contributed by atoms with Gasteiger partial charge in [0.05, 0.1) is 12.0 Å². The molecule has 0 saturated carbocycles. The molecule has 4 rings (SSSR count). The standard InChI is InChI=1S/C17H22N4O5S2/c1-17(25)12(24)8(6-22)26-15(17)21-5-7-9(27-2)4-10(23)18-13-11(7)14(21)20-16(19-13)28-3/h5,8-9,12,15,22,24-25H,4,6H2,1-3H3,(H,18,19,20,23)/t8-,9?,12-,15-,17-/m1/s1. The smallest absolute Gasteiger partial charge is 0.227 e. The fourth-order valence-electron chi connectivity index (χ4n) is 3.82. The van der Waals surface area contributed by atoms with Crippen molar-refractivity contribution in [3.05, 3.63) is 11.8 Å². The minimum absolute atomic E-state index is 0.112. The molecule has 0 radical (unpaired) electrons. The Hall–Kier alpha value is -1.37. The number of ether oxygens (including phenoxy) is 1. The zero-order chi connectivity index (χ0) is 20.2. The summed E-state index contributed by atoms with van der Waals surface area (Å²) >= 11 is 2.88. The number of nitrogens with zero attached hydrogens (tertiary/aromatic N) is 3. The molecule has 2 aliphatic rings. The van der Waals surface area contributed by atoms with Gasteiger partial charge in [0, 0.05) is 17.9 Å². The Kier molecular flexibility index (Phi) is 5.09. The van der Waals surface area contributed by atoms with Gasteiger partial charge in [-0.05, 0) is 25.0 Å². The lowest BCUT2D eigenvalue weighted by molar-refractivity contribution is -0.116. The van der Waals surface area contributed by atoms with Crippen LogP contribution in [0.15, 0.2) is 11.4 Å².